The molecular weight excluding hydrogens is 334 g/mol. The molecule has 0 aliphatic heterocycles. The first-order chi connectivity index (χ1) is 9.88. The Bertz CT molecular complexity index is 512. The number of halogens is 1. The molecule has 1 aromatic carbocycles. The zero-order valence-corrected chi connectivity index (χ0v) is 14.2. The van der Waals surface area contributed by atoms with E-state index < -0.39 is 0 Å². The van der Waals surface area contributed by atoms with E-state index in [0.29, 0.717) is 18.7 Å². The highest BCUT2D eigenvalue weighted by Gasteiger charge is 2.17. The zero-order valence-electron chi connectivity index (χ0n) is 12.6. The first-order valence-electron chi connectivity index (χ1n) is 6.78. The van der Waals surface area contributed by atoms with E-state index in [9.17, 15) is 4.79 Å². The van der Waals surface area contributed by atoms with Crippen LogP contribution in [-0.2, 0) is 4.79 Å². The van der Waals surface area contributed by atoms with Crippen LogP contribution in [0.1, 0.15) is 25.8 Å². The molecule has 0 saturated carbocycles. The molecule has 1 amide bonds. The highest BCUT2D eigenvalue weighted by molar-refractivity contribution is 9.10. The lowest BCUT2D eigenvalue weighted by molar-refractivity contribution is -0.116. The van der Waals surface area contributed by atoms with Gasteiger partial charge in [-0.1, -0.05) is 29.8 Å². The number of aliphatic hydroxyl groups is 1. The monoisotopic (exact) mass is 355 g/mol. The summed E-state index contributed by atoms with van der Waals surface area (Å²) in [5.74, 6) is 0.547. The third kappa shape index (κ3) is 6.31. The predicted octanol–water partition coefficient (Wildman–Crippen LogP) is 3.00. The molecule has 116 valence electrons. The van der Waals surface area contributed by atoms with Gasteiger partial charge < -0.3 is 15.2 Å². The van der Waals surface area contributed by atoms with Gasteiger partial charge in [-0.3, -0.25) is 4.79 Å². The summed E-state index contributed by atoms with van der Waals surface area (Å²) in [6.07, 6.45) is 3.85. The zero-order chi connectivity index (χ0) is 15.9. The second-order valence-corrected chi connectivity index (χ2v) is 6.49. The second kappa shape index (κ2) is 8.20. The van der Waals surface area contributed by atoms with E-state index in [2.05, 4.69) is 21.2 Å². The minimum Gasteiger partial charge on any atom is -0.496 e. The van der Waals surface area contributed by atoms with Gasteiger partial charge in [-0.2, -0.15) is 0 Å². The molecule has 1 aromatic rings. The molecule has 0 aliphatic rings. The molecule has 1 rings (SSSR count). The summed E-state index contributed by atoms with van der Waals surface area (Å²) in [5.41, 5.74) is 0.711. The van der Waals surface area contributed by atoms with Gasteiger partial charge in [0.2, 0.25) is 5.91 Å². The Kier molecular flexibility index (Phi) is 6.92. The van der Waals surface area contributed by atoms with Crippen molar-refractivity contribution in [3.63, 3.8) is 0 Å². The third-order valence-corrected chi connectivity index (χ3v) is 3.63. The minimum atomic E-state index is -0.164. The Labute approximate surface area is 134 Å². The van der Waals surface area contributed by atoms with Crippen molar-refractivity contribution in [1.82, 2.24) is 5.32 Å². The van der Waals surface area contributed by atoms with Crippen LogP contribution >= 0.6 is 15.9 Å². The van der Waals surface area contributed by atoms with Gasteiger partial charge >= 0.3 is 0 Å². The van der Waals surface area contributed by atoms with Gasteiger partial charge in [0.1, 0.15) is 5.75 Å². The van der Waals surface area contributed by atoms with Crippen molar-refractivity contribution in [2.45, 2.75) is 20.3 Å². The smallest absolute Gasteiger partial charge is 0.244 e. The van der Waals surface area contributed by atoms with Crippen molar-refractivity contribution in [3.05, 3.63) is 34.3 Å². The number of aliphatic hydroxyl groups excluding tert-OH is 1. The molecule has 2 N–H and O–H groups in total. The van der Waals surface area contributed by atoms with Crippen LogP contribution in [0.2, 0.25) is 0 Å². The topological polar surface area (TPSA) is 58.6 Å². The lowest BCUT2D eigenvalue weighted by Crippen LogP contribution is -2.33. The van der Waals surface area contributed by atoms with Gasteiger partial charge in [-0.15, -0.1) is 0 Å². The molecule has 0 fully saturated rings. The first kappa shape index (κ1) is 17.7. The van der Waals surface area contributed by atoms with Crippen LogP contribution in [-0.4, -0.2) is 31.3 Å². The number of hydrogen-bond acceptors (Lipinski definition) is 3. The largest absolute Gasteiger partial charge is 0.496 e. The molecule has 0 aliphatic carbocycles. The lowest BCUT2D eigenvalue weighted by atomic mass is 9.90. The molecule has 0 heterocycles. The van der Waals surface area contributed by atoms with Gasteiger partial charge in [-0.25, -0.2) is 0 Å². The summed E-state index contributed by atoms with van der Waals surface area (Å²) in [4.78, 5) is 11.8. The molecule has 0 aromatic heterocycles. The Hall–Kier alpha value is -1.33. The fourth-order valence-corrected chi connectivity index (χ4v) is 2.16. The number of carbonyl (C=O) groups excluding carboxylic acids is 1. The number of hydrogen-bond donors (Lipinski definition) is 2. The van der Waals surface area contributed by atoms with Gasteiger partial charge in [0.15, 0.2) is 0 Å². The predicted molar refractivity (Wildman–Crippen MR) is 88.2 cm³/mol. The average molecular weight is 356 g/mol. The number of nitrogens with one attached hydrogen (secondary N) is 1. The molecule has 0 radical (unpaired) electrons. The van der Waals surface area contributed by atoms with Crippen LogP contribution in [0.3, 0.4) is 0 Å². The van der Waals surface area contributed by atoms with Gasteiger partial charge in [0.25, 0.3) is 0 Å². The highest BCUT2D eigenvalue weighted by Crippen LogP contribution is 2.24. The maximum Gasteiger partial charge on any atom is 0.244 e. The quantitative estimate of drug-likeness (QED) is 0.739. The molecule has 5 heteroatoms. The SMILES string of the molecule is COc1ccc(Br)cc1/C=C/C(=O)NCC(C)(C)CCO. The van der Waals surface area contributed by atoms with E-state index in [0.717, 1.165) is 10.0 Å². The van der Waals surface area contributed by atoms with Crippen LogP contribution in [0.25, 0.3) is 6.08 Å². The lowest BCUT2D eigenvalue weighted by Gasteiger charge is -2.23. The van der Waals surface area contributed by atoms with Crippen LogP contribution < -0.4 is 10.1 Å². The van der Waals surface area contributed by atoms with Gasteiger partial charge in [0.05, 0.1) is 7.11 Å². The summed E-state index contributed by atoms with van der Waals surface area (Å²) in [6.45, 7) is 4.65. The Morgan fingerprint density at radius 2 is 2.19 bits per heavy atom. The first-order valence-corrected chi connectivity index (χ1v) is 7.57. The van der Waals surface area contributed by atoms with Crippen molar-refractivity contribution < 1.29 is 14.6 Å². The van der Waals surface area contributed by atoms with Crippen LogP contribution in [0, 0.1) is 5.41 Å². The van der Waals surface area contributed by atoms with E-state index in [4.69, 9.17) is 9.84 Å². The van der Waals surface area contributed by atoms with E-state index in [-0.39, 0.29) is 17.9 Å². The van der Waals surface area contributed by atoms with Crippen molar-refractivity contribution in [3.8, 4) is 5.75 Å². The van der Waals surface area contributed by atoms with Crippen molar-refractivity contribution in [1.29, 1.82) is 0 Å². The van der Waals surface area contributed by atoms with Crippen molar-refractivity contribution in [2.75, 3.05) is 20.3 Å². The Morgan fingerprint density at radius 1 is 1.48 bits per heavy atom. The van der Waals surface area contributed by atoms with Crippen LogP contribution in [0.15, 0.2) is 28.7 Å². The summed E-state index contributed by atoms with van der Waals surface area (Å²) in [6, 6.07) is 5.61. The fraction of sp³-hybridized carbons (Fsp3) is 0.438. The fourth-order valence-electron chi connectivity index (χ4n) is 1.78. The molecule has 0 spiro atoms. The minimum absolute atomic E-state index is 0.119. The molecule has 4 nitrogen and oxygen atoms in total. The van der Waals surface area contributed by atoms with E-state index in [1.165, 1.54) is 6.08 Å². The number of rotatable bonds is 7. The summed E-state index contributed by atoms with van der Waals surface area (Å²) >= 11 is 3.39. The summed E-state index contributed by atoms with van der Waals surface area (Å²) in [5, 5.41) is 11.8. The molecule has 0 atom stereocenters. The number of methoxy groups -OCH3 is 1. The summed E-state index contributed by atoms with van der Waals surface area (Å²) in [7, 11) is 1.60. The van der Waals surface area contributed by atoms with E-state index >= 15 is 0 Å². The van der Waals surface area contributed by atoms with E-state index in [1.807, 2.05) is 32.0 Å². The Morgan fingerprint density at radius 3 is 2.81 bits per heavy atom. The molecule has 0 unspecified atom stereocenters. The number of ether oxygens (including phenoxy) is 1. The van der Waals surface area contributed by atoms with Crippen molar-refractivity contribution in [2.24, 2.45) is 5.41 Å². The average Bonchev–Trinajstić information content (AvgIpc) is 2.43. The second-order valence-electron chi connectivity index (χ2n) is 5.58. The number of benzene rings is 1. The van der Waals surface area contributed by atoms with Crippen LogP contribution in [0.4, 0.5) is 0 Å². The number of amides is 1. The molecule has 0 saturated heterocycles. The molecule has 0 bridgehead atoms. The summed E-state index contributed by atoms with van der Waals surface area (Å²) < 4.78 is 6.17. The molecule has 21 heavy (non-hydrogen) atoms. The van der Waals surface area contributed by atoms with Crippen LogP contribution in [0.5, 0.6) is 5.75 Å². The van der Waals surface area contributed by atoms with Crippen molar-refractivity contribution >= 4 is 27.9 Å². The normalized spacial score (nSPS) is 11.7. The van der Waals surface area contributed by atoms with Gasteiger partial charge in [-0.05, 0) is 36.1 Å². The Balaban J connectivity index is 2.64. The molecular formula is C16H22BrNO3. The maximum absolute atomic E-state index is 11.8. The number of carbonyl (C=O) groups is 1. The standard InChI is InChI=1S/C16H22BrNO3/c1-16(2,8-9-19)11-18-15(20)7-4-12-10-13(17)5-6-14(12)21-3/h4-7,10,19H,8-9,11H2,1-3H3,(H,18,20)/b7-4+. The van der Waals surface area contributed by atoms with Gasteiger partial charge in [0, 0.05) is 29.3 Å². The maximum atomic E-state index is 11.8. The highest BCUT2D eigenvalue weighted by atomic mass is 79.9. The third-order valence-electron chi connectivity index (χ3n) is 3.14. The van der Waals surface area contributed by atoms with E-state index in [1.54, 1.807) is 13.2 Å².